The molecule has 2 heterocycles. The third-order valence-electron chi connectivity index (χ3n) is 8.27. The Balaban J connectivity index is 1.50. The fourth-order valence-corrected chi connectivity index (χ4v) is 6.46. The van der Waals surface area contributed by atoms with Crippen LogP contribution in [0, 0.1) is 5.92 Å². The summed E-state index contributed by atoms with van der Waals surface area (Å²) >= 11 is 6.34. The lowest BCUT2D eigenvalue weighted by Crippen LogP contribution is -2.35. The van der Waals surface area contributed by atoms with Crippen LogP contribution in [0.3, 0.4) is 0 Å². The number of rotatable bonds is 9. The summed E-state index contributed by atoms with van der Waals surface area (Å²) in [6, 6.07) is 16.8. The molecule has 0 aromatic heterocycles. The Kier molecular flexibility index (Phi) is 8.94. The number of carbonyl (C=O) groups excluding carboxylic acids is 1. The second-order valence-corrected chi connectivity index (χ2v) is 11.5. The van der Waals surface area contributed by atoms with Crippen LogP contribution in [0.1, 0.15) is 48.1 Å². The van der Waals surface area contributed by atoms with Gasteiger partial charge in [0.2, 0.25) is 5.91 Å². The van der Waals surface area contributed by atoms with E-state index < -0.39 is 17.9 Å². The van der Waals surface area contributed by atoms with Gasteiger partial charge in [-0.1, -0.05) is 43.6 Å². The van der Waals surface area contributed by atoms with E-state index in [-0.39, 0.29) is 18.4 Å². The summed E-state index contributed by atoms with van der Waals surface area (Å²) in [5.41, 5.74) is 5.46. The molecule has 0 radical (unpaired) electrons. The van der Waals surface area contributed by atoms with Gasteiger partial charge in [0.25, 0.3) is 0 Å². The molecule has 2 aliphatic rings. The Morgan fingerprint density at radius 1 is 0.952 bits per heavy atom. The molecule has 0 bridgehead atoms. The largest absolute Gasteiger partial charge is 0.486 e. The van der Waals surface area contributed by atoms with E-state index in [0.717, 1.165) is 46.5 Å². The number of carboxylic acids is 1. The number of carboxylic acid groups (broad SMARTS) is 1. The molecule has 9 heteroatoms. The van der Waals surface area contributed by atoms with Crippen molar-refractivity contribution in [3.05, 3.63) is 81.9 Å². The molecule has 222 valence electrons. The number of hydrogen-bond acceptors (Lipinski definition) is 6. The average Bonchev–Trinajstić information content (AvgIpc) is 3.36. The summed E-state index contributed by atoms with van der Waals surface area (Å²) in [6.07, 6.45) is 1.45. The van der Waals surface area contributed by atoms with Crippen LogP contribution in [-0.4, -0.2) is 62.3 Å². The zero-order valence-corrected chi connectivity index (χ0v) is 25.3. The molecule has 1 fully saturated rings. The smallest absolute Gasteiger partial charge is 0.309 e. The number of ether oxygens (including phenoxy) is 2. The highest BCUT2D eigenvalue weighted by Crippen LogP contribution is 2.47. The molecule has 5 rings (SSSR count). The molecule has 2 N–H and O–H groups in total. The fourth-order valence-electron chi connectivity index (χ4n) is 6.19. The minimum absolute atomic E-state index is 0.0415. The quantitative estimate of drug-likeness (QED) is 0.326. The number of aryl methyl sites for hydroxylation is 2. The first-order valence-corrected chi connectivity index (χ1v) is 14.8. The van der Waals surface area contributed by atoms with Crippen molar-refractivity contribution in [2.24, 2.45) is 5.92 Å². The molecule has 8 nitrogen and oxygen atoms in total. The normalized spacial score (nSPS) is 19.9. The molecule has 3 aromatic rings. The van der Waals surface area contributed by atoms with E-state index in [2.05, 4.69) is 5.32 Å². The van der Waals surface area contributed by atoms with Crippen molar-refractivity contribution < 1.29 is 24.2 Å². The fraction of sp³-hybridized carbons (Fsp3) is 0.394. The molecule has 42 heavy (non-hydrogen) atoms. The van der Waals surface area contributed by atoms with Crippen LogP contribution in [0.4, 0.5) is 11.4 Å². The number of fused-ring (bicyclic) bond motifs is 1. The second kappa shape index (κ2) is 12.6. The molecular weight excluding hydrogens is 554 g/mol. The minimum Gasteiger partial charge on any atom is -0.486 e. The van der Waals surface area contributed by atoms with Gasteiger partial charge in [-0.2, -0.15) is 0 Å². The maximum atomic E-state index is 13.6. The SMILES string of the molecule is CCc1cc(Cl)cc(CC)c1NC(=O)CN1C[C@H](c2ccc3c(c2)OCCO3)C(C(=O)O)[C@@H]1c1ccc(N(C)C)cc1. The molecule has 1 saturated heterocycles. The third kappa shape index (κ3) is 6.05. The summed E-state index contributed by atoms with van der Waals surface area (Å²) in [6.45, 7) is 5.43. The number of nitrogens with zero attached hydrogens (tertiary/aromatic N) is 2. The number of carbonyl (C=O) groups is 2. The van der Waals surface area contributed by atoms with E-state index in [1.807, 2.05) is 92.3 Å². The van der Waals surface area contributed by atoms with Crippen LogP contribution >= 0.6 is 11.6 Å². The predicted octanol–water partition coefficient (Wildman–Crippen LogP) is 5.78. The lowest BCUT2D eigenvalue weighted by Gasteiger charge is -2.28. The Bertz CT molecular complexity index is 1430. The molecule has 0 aliphatic carbocycles. The van der Waals surface area contributed by atoms with Crippen molar-refractivity contribution in [3.63, 3.8) is 0 Å². The summed E-state index contributed by atoms with van der Waals surface area (Å²) in [4.78, 5) is 30.6. The summed E-state index contributed by atoms with van der Waals surface area (Å²) in [5, 5.41) is 14.4. The van der Waals surface area contributed by atoms with Crippen LogP contribution in [0.15, 0.2) is 54.6 Å². The maximum absolute atomic E-state index is 13.6. The number of anilines is 2. The predicted molar refractivity (Wildman–Crippen MR) is 165 cm³/mol. The summed E-state index contributed by atoms with van der Waals surface area (Å²) in [5.74, 6) is -0.963. The average molecular weight is 592 g/mol. The van der Waals surface area contributed by atoms with Gasteiger partial charge in [0.05, 0.1) is 12.5 Å². The zero-order valence-electron chi connectivity index (χ0n) is 24.5. The van der Waals surface area contributed by atoms with Gasteiger partial charge in [-0.15, -0.1) is 0 Å². The van der Waals surface area contributed by atoms with Crippen molar-refractivity contribution >= 4 is 34.9 Å². The van der Waals surface area contributed by atoms with Crippen molar-refractivity contribution in [2.45, 2.75) is 38.6 Å². The van der Waals surface area contributed by atoms with Crippen molar-refractivity contribution in [2.75, 3.05) is 50.6 Å². The van der Waals surface area contributed by atoms with Gasteiger partial charge < -0.3 is 24.8 Å². The van der Waals surface area contributed by atoms with Gasteiger partial charge in [0, 0.05) is 49.0 Å². The minimum atomic E-state index is -0.904. The van der Waals surface area contributed by atoms with Gasteiger partial charge in [-0.3, -0.25) is 14.5 Å². The first-order chi connectivity index (χ1) is 20.2. The summed E-state index contributed by atoms with van der Waals surface area (Å²) in [7, 11) is 3.93. The number of benzene rings is 3. The first-order valence-electron chi connectivity index (χ1n) is 14.4. The van der Waals surface area contributed by atoms with Crippen molar-refractivity contribution in [3.8, 4) is 11.5 Å². The van der Waals surface area contributed by atoms with E-state index in [9.17, 15) is 14.7 Å². The molecular formula is C33H38ClN3O5. The van der Waals surface area contributed by atoms with Crippen LogP contribution in [-0.2, 0) is 22.4 Å². The Hall–Kier alpha value is -3.75. The first kappa shape index (κ1) is 29.7. The standard InChI is InChI=1S/C33H38ClN3O5/c1-5-20-15-24(34)16-21(6-2)31(20)35-29(38)19-37-18-26(23-9-12-27-28(17-23)42-14-13-41-27)30(33(39)40)32(37)22-7-10-25(11-8-22)36(3)4/h7-12,15-17,26,30,32H,5-6,13-14,18-19H2,1-4H3,(H,35,38)(H,39,40)/t26-,30?,32+/m1/s1. The number of halogens is 1. The van der Waals surface area contributed by atoms with Crippen LogP contribution in [0.5, 0.6) is 11.5 Å². The Labute approximate surface area is 252 Å². The van der Waals surface area contributed by atoms with E-state index in [4.69, 9.17) is 21.1 Å². The third-order valence-corrected chi connectivity index (χ3v) is 8.49. The highest BCUT2D eigenvalue weighted by Gasteiger charge is 2.48. The Morgan fingerprint density at radius 2 is 1.57 bits per heavy atom. The van der Waals surface area contributed by atoms with E-state index in [0.29, 0.717) is 36.3 Å². The van der Waals surface area contributed by atoms with Gasteiger partial charge in [-0.25, -0.2) is 0 Å². The monoisotopic (exact) mass is 591 g/mol. The molecule has 0 saturated carbocycles. The van der Waals surface area contributed by atoms with Crippen molar-refractivity contribution in [1.29, 1.82) is 0 Å². The Morgan fingerprint density at radius 3 is 2.17 bits per heavy atom. The van der Waals surface area contributed by atoms with E-state index >= 15 is 0 Å². The molecule has 1 amide bonds. The van der Waals surface area contributed by atoms with E-state index in [1.165, 1.54) is 0 Å². The molecule has 0 spiro atoms. The number of nitrogens with one attached hydrogen (secondary N) is 1. The molecule has 3 aromatic carbocycles. The maximum Gasteiger partial charge on any atom is 0.309 e. The number of amides is 1. The van der Waals surface area contributed by atoms with Crippen LogP contribution in [0.2, 0.25) is 5.02 Å². The topological polar surface area (TPSA) is 91.3 Å². The molecule has 2 aliphatic heterocycles. The highest BCUT2D eigenvalue weighted by atomic mass is 35.5. The van der Waals surface area contributed by atoms with Crippen LogP contribution < -0.4 is 19.7 Å². The second-order valence-electron chi connectivity index (χ2n) is 11.1. The number of aliphatic carboxylic acids is 1. The van der Waals surface area contributed by atoms with Crippen LogP contribution in [0.25, 0.3) is 0 Å². The van der Waals surface area contributed by atoms with E-state index in [1.54, 1.807) is 0 Å². The van der Waals surface area contributed by atoms with Gasteiger partial charge in [0.15, 0.2) is 11.5 Å². The number of likely N-dealkylation sites (tertiary alicyclic amines) is 1. The lowest BCUT2D eigenvalue weighted by molar-refractivity contribution is -0.143. The van der Waals surface area contributed by atoms with Crippen molar-refractivity contribution in [1.82, 2.24) is 4.90 Å². The highest BCUT2D eigenvalue weighted by molar-refractivity contribution is 6.30. The van der Waals surface area contributed by atoms with Gasteiger partial charge >= 0.3 is 5.97 Å². The lowest BCUT2D eigenvalue weighted by atomic mass is 9.82. The van der Waals surface area contributed by atoms with Gasteiger partial charge in [-0.05, 0) is 71.5 Å². The number of hydrogen-bond donors (Lipinski definition) is 2. The summed E-state index contributed by atoms with van der Waals surface area (Å²) < 4.78 is 11.5. The molecule has 1 unspecified atom stereocenters. The molecule has 3 atom stereocenters. The zero-order chi connectivity index (χ0) is 30.0. The van der Waals surface area contributed by atoms with Gasteiger partial charge in [0.1, 0.15) is 13.2 Å².